The smallest absolute Gasteiger partial charge is 0.191 e. The van der Waals surface area contributed by atoms with Crippen molar-refractivity contribution in [3.05, 3.63) is 66.5 Å². The van der Waals surface area contributed by atoms with E-state index in [1.54, 1.807) is 6.08 Å². The van der Waals surface area contributed by atoms with Crippen molar-refractivity contribution in [3.8, 4) is 0 Å². The van der Waals surface area contributed by atoms with Crippen molar-refractivity contribution in [2.24, 2.45) is 5.92 Å². The van der Waals surface area contributed by atoms with Crippen molar-refractivity contribution in [1.29, 1.82) is 0 Å². The molecule has 128 valence electrons. The third-order valence-corrected chi connectivity index (χ3v) is 4.41. The number of aryl methyl sites for hydroxylation is 1. The zero-order valence-electron chi connectivity index (χ0n) is 14.9. The fourth-order valence-corrected chi connectivity index (χ4v) is 2.93. The van der Waals surface area contributed by atoms with E-state index < -0.39 is 0 Å². The van der Waals surface area contributed by atoms with Crippen LogP contribution in [0.4, 0.5) is 0 Å². The number of carbonyl (C=O) groups is 1. The summed E-state index contributed by atoms with van der Waals surface area (Å²) >= 11 is 0. The Morgan fingerprint density at radius 1 is 1.08 bits per heavy atom. The van der Waals surface area contributed by atoms with Gasteiger partial charge in [0.2, 0.25) is 0 Å². The highest BCUT2D eigenvalue weighted by Gasteiger charge is 2.09. The Kier molecular flexibility index (Phi) is 8.23. The van der Waals surface area contributed by atoms with E-state index in [2.05, 4.69) is 29.8 Å². The fraction of sp³-hybridized carbons (Fsp3) is 0.455. The van der Waals surface area contributed by atoms with Crippen molar-refractivity contribution in [2.45, 2.75) is 58.4 Å². The predicted octanol–water partition coefficient (Wildman–Crippen LogP) is 5.21. The summed E-state index contributed by atoms with van der Waals surface area (Å²) in [5.74, 6) is 0.343. The maximum Gasteiger partial charge on any atom is 0.191 e. The lowest BCUT2D eigenvalue weighted by molar-refractivity contribution is -0.697. The summed E-state index contributed by atoms with van der Waals surface area (Å²) in [4.78, 5) is 12.3. The predicted molar refractivity (Wildman–Crippen MR) is 99.9 cm³/mol. The number of hydrogen-bond donors (Lipinski definition) is 0. The minimum Gasteiger partial charge on any atom is -0.289 e. The third kappa shape index (κ3) is 6.66. The number of unbranched alkanes of at least 4 members (excludes halogenated alkanes) is 6. The van der Waals surface area contributed by atoms with Crippen LogP contribution in [0.1, 0.15) is 62.2 Å². The average molecular weight is 324 g/mol. The van der Waals surface area contributed by atoms with Gasteiger partial charge in [0, 0.05) is 18.4 Å². The molecule has 1 heterocycles. The second-order valence-electron chi connectivity index (χ2n) is 6.52. The van der Waals surface area contributed by atoms with Crippen LogP contribution in [0.2, 0.25) is 0 Å². The van der Waals surface area contributed by atoms with Crippen molar-refractivity contribution >= 4 is 5.78 Å². The van der Waals surface area contributed by atoms with Crippen LogP contribution in [0.15, 0.2) is 61.0 Å². The molecule has 0 aliphatic heterocycles. The van der Waals surface area contributed by atoms with E-state index in [9.17, 15) is 4.79 Å². The quantitative estimate of drug-likeness (QED) is 0.237. The minimum absolute atomic E-state index is 0.0811. The first-order valence-electron chi connectivity index (χ1n) is 9.36. The standard InChI is InChI=1S/C22H30NO/c1-2-3-4-5-6-7-10-17-23-18-11-14-21(19-23)22(24)16-15-20-12-8-9-13-20/h8-9,11-16,18-20H,2-7,10,17H2,1H3/q+1/b16-15+. The zero-order chi connectivity index (χ0) is 17.0. The lowest BCUT2D eigenvalue weighted by Gasteiger charge is -2.01. The molecule has 1 aliphatic carbocycles. The van der Waals surface area contributed by atoms with Crippen LogP contribution in [-0.4, -0.2) is 5.78 Å². The van der Waals surface area contributed by atoms with Gasteiger partial charge in [0.15, 0.2) is 18.2 Å². The van der Waals surface area contributed by atoms with Crippen LogP contribution in [-0.2, 0) is 6.54 Å². The Hall–Kier alpha value is -1.96. The Bertz CT molecular complexity index is 586. The van der Waals surface area contributed by atoms with Gasteiger partial charge in [-0.1, -0.05) is 69.4 Å². The molecule has 0 saturated heterocycles. The molecule has 0 radical (unpaired) electrons. The van der Waals surface area contributed by atoms with Crippen molar-refractivity contribution in [2.75, 3.05) is 0 Å². The van der Waals surface area contributed by atoms with Crippen molar-refractivity contribution in [1.82, 2.24) is 0 Å². The number of rotatable bonds is 11. The lowest BCUT2D eigenvalue weighted by atomic mass is 10.1. The zero-order valence-corrected chi connectivity index (χ0v) is 14.9. The van der Waals surface area contributed by atoms with Gasteiger partial charge in [0.1, 0.15) is 6.54 Å². The van der Waals surface area contributed by atoms with Gasteiger partial charge in [-0.3, -0.25) is 4.79 Å². The summed E-state index contributed by atoms with van der Waals surface area (Å²) in [6, 6.07) is 3.87. The maximum atomic E-state index is 12.3. The third-order valence-electron chi connectivity index (χ3n) is 4.41. The molecule has 2 nitrogen and oxygen atoms in total. The van der Waals surface area contributed by atoms with E-state index in [-0.39, 0.29) is 11.7 Å². The molecule has 0 unspecified atom stereocenters. The van der Waals surface area contributed by atoms with Gasteiger partial charge in [0.05, 0.1) is 5.56 Å². The van der Waals surface area contributed by atoms with Crippen LogP contribution in [0.3, 0.4) is 0 Å². The average Bonchev–Trinajstić information content (AvgIpc) is 3.13. The molecular formula is C22H30NO+. The van der Waals surface area contributed by atoms with Gasteiger partial charge in [-0.2, -0.15) is 0 Å². The summed E-state index contributed by atoms with van der Waals surface area (Å²) in [6.07, 6.45) is 25.0. The van der Waals surface area contributed by atoms with Crippen LogP contribution >= 0.6 is 0 Å². The minimum atomic E-state index is 0.0811. The van der Waals surface area contributed by atoms with E-state index >= 15 is 0 Å². The highest BCUT2D eigenvalue weighted by atomic mass is 16.1. The van der Waals surface area contributed by atoms with Crippen LogP contribution in [0.25, 0.3) is 0 Å². The van der Waals surface area contributed by atoms with E-state index in [0.717, 1.165) is 12.1 Å². The number of pyridine rings is 1. The molecule has 1 aromatic heterocycles. The fourth-order valence-electron chi connectivity index (χ4n) is 2.93. The van der Waals surface area contributed by atoms with Gasteiger partial charge in [-0.05, 0) is 18.6 Å². The van der Waals surface area contributed by atoms with Gasteiger partial charge in [-0.25, -0.2) is 4.57 Å². The molecule has 0 fully saturated rings. The molecule has 0 bridgehead atoms. The number of nitrogens with zero attached hydrogens (tertiary/aromatic N) is 1. The van der Waals surface area contributed by atoms with Crippen LogP contribution in [0, 0.1) is 5.92 Å². The molecule has 0 amide bonds. The Morgan fingerprint density at radius 2 is 1.79 bits per heavy atom. The summed E-state index contributed by atoms with van der Waals surface area (Å²) in [6.45, 7) is 3.24. The van der Waals surface area contributed by atoms with Gasteiger partial charge >= 0.3 is 0 Å². The number of hydrogen-bond acceptors (Lipinski definition) is 1. The summed E-state index contributed by atoms with van der Waals surface area (Å²) < 4.78 is 2.14. The molecule has 0 atom stereocenters. The summed E-state index contributed by atoms with van der Waals surface area (Å²) in [7, 11) is 0. The normalized spacial score (nSPS) is 14.0. The Morgan fingerprint density at radius 3 is 2.54 bits per heavy atom. The summed E-state index contributed by atoms with van der Waals surface area (Å²) in [5, 5.41) is 0. The molecule has 2 rings (SSSR count). The lowest BCUT2D eigenvalue weighted by Crippen LogP contribution is -2.33. The van der Waals surface area contributed by atoms with Crippen molar-refractivity contribution < 1.29 is 9.36 Å². The number of carbonyl (C=O) groups excluding carboxylic acids is 1. The van der Waals surface area contributed by atoms with E-state index in [4.69, 9.17) is 0 Å². The highest BCUT2D eigenvalue weighted by Crippen LogP contribution is 2.11. The molecule has 0 aromatic carbocycles. The summed E-state index contributed by atoms with van der Waals surface area (Å²) in [5.41, 5.74) is 0.766. The first-order chi connectivity index (χ1) is 11.8. The van der Waals surface area contributed by atoms with Crippen molar-refractivity contribution in [3.63, 3.8) is 0 Å². The maximum absolute atomic E-state index is 12.3. The second-order valence-corrected chi connectivity index (χ2v) is 6.52. The van der Waals surface area contributed by atoms with E-state index in [1.807, 2.05) is 36.6 Å². The largest absolute Gasteiger partial charge is 0.289 e. The molecular weight excluding hydrogens is 294 g/mol. The second kappa shape index (κ2) is 10.7. The van der Waals surface area contributed by atoms with Crippen LogP contribution < -0.4 is 4.57 Å². The van der Waals surface area contributed by atoms with E-state index in [0.29, 0.717) is 0 Å². The van der Waals surface area contributed by atoms with Gasteiger partial charge < -0.3 is 0 Å². The number of aromatic nitrogens is 1. The molecule has 0 N–H and O–H groups in total. The van der Waals surface area contributed by atoms with E-state index in [1.165, 1.54) is 44.9 Å². The van der Waals surface area contributed by atoms with Gasteiger partial charge in [-0.15, -0.1) is 0 Å². The topological polar surface area (TPSA) is 20.9 Å². The van der Waals surface area contributed by atoms with Gasteiger partial charge in [0.25, 0.3) is 0 Å². The first-order valence-corrected chi connectivity index (χ1v) is 9.36. The number of allylic oxidation sites excluding steroid dienone is 6. The molecule has 1 aliphatic rings. The molecule has 1 aromatic rings. The monoisotopic (exact) mass is 324 g/mol. The highest BCUT2D eigenvalue weighted by molar-refractivity contribution is 6.04. The molecule has 0 saturated carbocycles. The Balaban J connectivity index is 1.75. The number of ketones is 1. The molecule has 24 heavy (non-hydrogen) atoms. The Labute approximate surface area is 146 Å². The SMILES string of the molecule is CCCCCCCCC[n+]1cccc(C(=O)/C=C/C2C=CC=C2)c1. The molecule has 0 spiro atoms. The molecule has 2 heteroatoms. The van der Waals surface area contributed by atoms with Crippen LogP contribution in [0.5, 0.6) is 0 Å². The first kappa shape index (κ1) is 18.4.